The lowest BCUT2D eigenvalue weighted by molar-refractivity contribution is -0.139. The topological polar surface area (TPSA) is 86.8 Å². The van der Waals surface area contributed by atoms with Crippen molar-refractivity contribution in [2.75, 3.05) is 24.2 Å². The second-order valence-electron chi connectivity index (χ2n) is 8.96. The molecule has 0 bridgehead atoms. The summed E-state index contributed by atoms with van der Waals surface area (Å²) in [5.41, 5.74) is 3.68. The quantitative estimate of drug-likeness (QED) is 0.418. The smallest absolute Gasteiger partial charge is 0.244 e. The van der Waals surface area contributed by atoms with Gasteiger partial charge in [0.15, 0.2) is 0 Å². The number of carbonyl (C=O) groups excluding carboxylic acids is 2. The Morgan fingerprint density at radius 3 is 2.22 bits per heavy atom. The Kier molecular flexibility index (Phi) is 9.34. The van der Waals surface area contributed by atoms with E-state index in [1.165, 1.54) is 11.9 Å². The van der Waals surface area contributed by atoms with Crippen molar-refractivity contribution in [2.45, 2.75) is 32.9 Å². The van der Waals surface area contributed by atoms with Crippen molar-refractivity contribution >= 4 is 39.1 Å². The molecule has 0 saturated heterocycles. The van der Waals surface area contributed by atoms with Crippen molar-refractivity contribution in [1.29, 1.82) is 0 Å². The molecular formula is C28H32ClN3O4S. The van der Waals surface area contributed by atoms with Crippen LogP contribution in [0.1, 0.15) is 22.3 Å². The zero-order valence-electron chi connectivity index (χ0n) is 21.4. The molecule has 9 heteroatoms. The maximum atomic E-state index is 13.9. The van der Waals surface area contributed by atoms with Gasteiger partial charge in [-0.1, -0.05) is 66.2 Å². The molecular weight excluding hydrogens is 510 g/mol. The minimum Gasteiger partial charge on any atom is -0.357 e. The van der Waals surface area contributed by atoms with Crippen molar-refractivity contribution in [1.82, 2.24) is 10.2 Å². The molecule has 7 nitrogen and oxygen atoms in total. The summed E-state index contributed by atoms with van der Waals surface area (Å²) >= 11 is 6.19. The summed E-state index contributed by atoms with van der Waals surface area (Å²) in [6.07, 6.45) is 1.33. The molecule has 0 heterocycles. The number of rotatable bonds is 10. The van der Waals surface area contributed by atoms with Crippen LogP contribution in [0.25, 0.3) is 0 Å². The Labute approximate surface area is 224 Å². The van der Waals surface area contributed by atoms with Crippen LogP contribution in [0.4, 0.5) is 5.69 Å². The molecule has 196 valence electrons. The van der Waals surface area contributed by atoms with E-state index < -0.39 is 28.5 Å². The summed E-state index contributed by atoms with van der Waals surface area (Å²) < 4.78 is 26.8. The number of hydrogen-bond acceptors (Lipinski definition) is 4. The van der Waals surface area contributed by atoms with Crippen LogP contribution < -0.4 is 9.62 Å². The number of nitrogens with zero attached hydrogens (tertiary/aromatic N) is 2. The van der Waals surface area contributed by atoms with Crippen molar-refractivity contribution in [2.24, 2.45) is 0 Å². The molecule has 37 heavy (non-hydrogen) atoms. The lowest BCUT2D eigenvalue weighted by Gasteiger charge is -2.33. The van der Waals surface area contributed by atoms with E-state index in [9.17, 15) is 18.0 Å². The summed E-state index contributed by atoms with van der Waals surface area (Å²) in [5.74, 6) is -0.854. The number of aryl methyl sites for hydroxylation is 1. The average Bonchev–Trinajstić information content (AvgIpc) is 2.86. The van der Waals surface area contributed by atoms with Crippen LogP contribution >= 0.6 is 11.6 Å². The van der Waals surface area contributed by atoms with Crippen LogP contribution in [0.3, 0.4) is 0 Å². The van der Waals surface area contributed by atoms with Crippen LogP contribution in [0, 0.1) is 13.8 Å². The van der Waals surface area contributed by atoms with Gasteiger partial charge in [-0.2, -0.15) is 0 Å². The number of hydrogen-bond donors (Lipinski definition) is 1. The molecule has 1 atom stereocenters. The molecule has 0 aromatic heterocycles. The zero-order chi connectivity index (χ0) is 27.2. The van der Waals surface area contributed by atoms with Crippen molar-refractivity contribution in [3.8, 4) is 0 Å². The van der Waals surface area contributed by atoms with Crippen molar-refractivity contribution < 1.29 is 18.0 Å². The van der Waals surface area contributed by atoms with E-state index in [4.69, 9.17) is 11.6 Å². The third-order valence-corrected chi connectivity index (χ3v) is 7.64. The van der Waals surface area contributed by atoms with E-state index in [1.807, 2.05) is 56.3 Å². The number of likely N-dealkylation sites (N-methyl/N-ethyl adjacent to an activating group) is 1. The maximum Gasteiger partial charge on any atom is 0.244 e. The van der Waals surface area contributed by atoms with Crippen LogP contribution in [0.15, 0.2) is 72.8 Å². The van der Waals surface area contributed by atoms with Crippen molar-refractivity contribution in [3.63, 3.8) is 0 Å². The van der Waals surface area contributed by atoms with Gasteiger partial charge in [-0.25, -0.2) is 8.42 Å². The van der Waals surface area contributed by atoms with E-state index in [1.54, 1.807) is 30.3 Å². The van der Waals surface area contributed by atoms with Gasteiger partial charge < -0.3 is 10.2 Å². The molecule has 3 aromatic rings. The molecule has 3 rings (SSSR count). The predicted molar refractivity (Wildman–Crippen MR) is 148 cm³/mol. The normalized spacial score (nSPS) is 12.0. The maximum absolute atomic E-state index is 13.9. The second-order valence-corrected chi connectivity index (χ2v) is 11.3. The lowest BCUT2D eigenvalue weighted by atomic mass is 10.0. The summed E-state index contributed by atoms with van der Waals surface area (Å²) in [6, 6.07) is 20.9. The zero-order valence-corrected chi connectivity index (χ0v) is 23.0. The number of anilines is 1. The molecule has 0 aliphatic heterocycles. The van der Waals surface area contributed by atoms with Crippen LogP contribution in [0.5, 0.6) is 0 Å². The van der Waals surface area contributed by atoms with Crippen LogP contribution in [0.2, 0.25) is 5.02 Å². The Bertz CT molecular complexity index is 1360. The molecule has 1 unspecified atom stereocenters. The molecule has 0 aliphatic carbocycles. The standard InChI is InChI=1S/C28H32ClN3O4S/c1-20-10-8-15-25(21(20)2)32(37(4,35)36)19-27(33)31(18-23-13-9-14-24(29)16-23)26(28(34)30-3)17-22-11-6-5-7-12-22/h5-16,26H,17-19H2,1-4H3,(H,30,34). The summed E-state index contributed by atoms with van der Waals surface area (Å²) in [7, 11) is -2.30. The highest BCUT2D eigenvalue weighted by Gasteiger charge is 2.33. The van der Waals surface area contributed by atoms with Gasteiger partial charge in [-0.3, -0.25) is 13.9 Å². The van der Waals surface area contributed by atoms with Crippen molar-refractivity contribution in [3.05, 3.63) is 100 Å². The molecule has 0 radical (unpaired) electrons. The number of carbonyl (C=O) groups is 2. The molecule has 0 aliphatic rings. The number of benzene rings is 3. The van der Waals surface area contributed by atoms with Crippen LogP contribution in [-0.4, -0.2) is 51.0 Å². The van der Waals surface area contributed by atoms with Gasteiger partial charge in [0.1, 0.15) is 12.6 Å². The van der Waals surface area contributed by atoms with Crippen LogP contribution in [-0.2, 0) is 32.6 Å². The van der Waals surface area contributed by atoms with Gasteiger partial charge in [0.05, 0.1) is 11.9 Å². The number of sulfonamides is 1. The van der Waals surface area contributed by atoms with E-state index >= 15 is 0 Å². The highest BCUT2D eigenvalue weighted by atomic mass is 35.5. The van der Waals surface area contributed by atoms with E-state index in [-0.39, 0.29) is 18.9 Å². The molecule has 0 spiro atoms. The van der Waals surface area contributed by atoms with Gasteiger partial charge in [0.25, 0.3) is 0 Å². The van der Waals surface area contributed by atoms with E-state index in [0.29, 0.717) is 10.7 Å². The van der Waals surface area contributed by atoms with Gasteiger partial charge in [0.2, 0.25) is 21.8 Å². The van der Waals surface area contributed by atoms with E-state index in [0.717, 1.165) is 32.8 Å². The Morgan fingerprint density at radius 2 is 1.59 bits per heavy atom. The highest BCUT2D eigenvalue weighted by Crippen LogP contribution is 2.26. The third-order valence-electron chi connectivity index (χ3n) is 6.28. The van der Waals surface area contributed by atoms with Gasteiger partial charge in [-0.05, 0) is 54.3 Å². The van der Waals surface area contributed by atoms with Gasteiger partial charge in [0, 0.05) is 25.0 Å². The Morgan fingerprint density at radius 1 is 0.946 bits per heavy atom. The first kappa shape index (κ1) is 28.2. The Balaban J connectivity index is 2.06. The number of halogens is 1. The fourth-order valence-electron chi connectivity index (χ4n) is 4.15. The summed E-state index contributed by atoms with van der Waals surface area (Å²) in [4.78, 5) is 28.5. The SMILES string of the molecule is CNC(=O)C(Cc1ccccc1)N(Cc1cccc(Cl)c1)C(=O)CN(c1cccc(C)c1C)S(C)(=O)=O. The molecule has 3 aromatic carbocycles. The molecule has 0 saturated carbocycles. The predicted octanol–water partition coefficient (Wildman–Crippen LogP) is 4.11. The number of amides is 2. The van der Waals surface area contributed by atoms with Gasteiger partial charge >= 0.3 is 0 Å². The summed E-state index contributed by atoms with van der Waals surface area (Å²) in [5, 5.41) is 3.16. The first-order valence-corrected chi connectivity index (χ1v) is 14.1. The fourth-order valence-corrected chi connectivity index (χ4v) is 5.27. The monoisotopic (exact) mass is 541 g/mol. The molecule has 2 amide bonds. The summed E-state index contributed by atoms with van der Waals surface area (Å²) in [6.45, 7) is 3.33. The minimum absolute atomic E-state index is 0.0781. The third kappa shape index (κ3) is 7.33. The first-order valence-electron chi connectivity index (χ1n) is 11.8. The van der Waals surface area contributed by atoms with E-state index in [2.05, 4.69) is 5.32 Å². The largest absolute Gasteiger partial charge is 0.357 e. The fraction of sp³-hybridized carbons (Fsp3) is 0.286. The second kappa shape index (κ2) is 12.3. The molecule has 0 fully saturated rings. The van der Waals surface area contributed by atoms with Gasteiger partial charge in [-0.15, -0.1) is 0 Å². The molecule has 1 N–H and O–H groups in total. The first-order chi connectivity index (χ1) is 17.5. The highest BCUT2D eigenvalue weighted by molar-refractivity contribution is 7.92. The Hall–Kier alpha value is -3.36. The number of nitrogens with one attached hydrogen (secondary N) is 1. The average molecular weight is 542 g/mol. The lowest BCUT2D eigenvalue weighted by Crippen LogP contribution is -2.53. The minimum atomic E-state index is -3.81.